The van der Waals surface area contributed by atoms with Crippen LogP contribution in [-0.4, -0.2) is 56.1 Å². The van der Waals surface area contributed by atoms with Gasteiger partial charge in [-0.25, -0.2) is 0 Å². The van der Waals surface area contributed by atoms with Gasteiger partial charge in [-0.05, 0) is 38.3 Å². The summed E-state index contributed by atoms with van der Waals surface area (Å²) in [5.41, 5.74) is 2.49. The van der Waals surface area contributed by atoms with Crippen molar-refractivity contribution >= 4 is 0 Å². The summed E-state index contributed by atoms with van der Waals surface area (Å²) in [4.78, 5) is 5.07. The molecule has 0 amide bonds. The molecule has 1 fully saturated rings. The van der Waals surface area contributed by atoms with Gasteiger partial charge in [-0.1, -0.05) is 51.3 Å². The summed E-state index contributed by atoms with van der Waals surface area (Å²) < 4.78 is 0. The largest absolute Gasteiger partial charge is 0.391 e. The Bertz CT molecular complexity index is 388. The highest BCUT2D eigenvalue weighted by molar-refractivity contribution is 5.22. The number of hydrogen-bond donors (Lipinski definition) is 1. The Balaban J connectivity index is 0.00000254. The second-order valence-corrected chi connectivity index (χ2v) is 5.91. The first kappa shape index (κ1) is 22.7. The normalized spacial score (nSPS) is 16.6. The van der Waals surface area contributed by atoms with E-state index in [4.69, 9.17) is 0 Å². The Labute approximate surface area is 150 Å². The summed E-state index contributed by atoms with van der Waals surface area (Å²) >= 11 is 0. The third-order valence-corrected chi connectivity index (χ3v) is 4.14. The Morgan fingerprint density at radius 2 is 1.71 bits per heavy atom. The number of likely N-dealkylation sites (N-methyl/N-ethyl adjacent to an activating group) is 1. The second kappa shape index (κ2) is 15.2. The van der Waals surface area contributed by atoms with Crippen molar-refractivity contribution < 1.29 is 0 Å². The minimum atomic E-state index is 0.976. The van der Waals surface area contributed by atoms with Crippen LogP contribution < -0.4 is 5.32 Å². The van der Waals surface area contributed by atoms with Crippen molar-refractivity contribution in [1.82, 2.24) is 15.1 Å². The Morgan fingerprint density at radius 1 is 1.08 bits per heavy atom. The van der Waals surface area contributed by atoms with Crippen molar-refractivity contribution in [1.29, 1.82) is 0 Å². The van der Waals surface area contributed by atoms with Crippen LogP contribution in [0.15, 0.2) is 48.7 Å². The van der Waals surface area contributed by atoms with E-state index in [0.717, 1.165) is 31.8 Å². The highest BCUT2D eigenvalue weighted by Crippen LogP contribution is 2.11. The van der Waals surface area contributed by atoms with Gasteiger partial charge in [0, 0.05) is 45.5 Å². The summed E-state index contributed by atoms with van der Waals surface area (Å²) in [5.74, 6) is 0. The van der Waals surface area contributed by atoms with Gasteiger partial charge in [0.05, 0.1) is 0 Å². The molecule has 0 bridgehead atoms. The van der Waals surface area contributed by atoms with Crippen LogP contribution in [0.1, 0.15) is 40.0 Å². The molecule has 0 aromatic rings. The maximum Gasteiger partial charge on any atom is 0.0376 e. The average molecular weight is 334 g/mol. The van der Waals surface area contributed by atoms with Crippen molar-refractivity contribution in [3.05, 3.63) is 48.7 Å². The summed E-state index contributed by atoms with van der Waals surface area (Å²) in [6.45, 7) is 20.7. The third-order valence-electron chi connectivity index (χ3n) is 4.14. The van der Waals surface area contributed by atoms with Crippen LogP contribution in [0, 0.1) is 0 Å². The number of allylic oxidation sites excluding steroid dienone is 5. The van der Waals surface area contributed by atoms with Gasteiger partial charge in [0.15, 0.2) is 0 Å². The van der Waals surface area contributed by atoms with Gasteiger partial charge in [0.25, 0.3) is 0 Å². The van der Waals surface area contributed by atoms with Crippen molar-refractivity contribution in [2.24, 2.45) is 0 Å². The minimum Gasteiger partial charge on any atom is -0.391 e. The summed E-state index contributed by atoms with van der Waals surface area (Å²) in [5, 5.41) is 3.13. The zero-order chi connectivity index (χ0) is 18.2. The number of hydrogen-bond acceptors (Lipinski definition) is 3. The average Bonchev–Trinajstić information content (AvgIpc) is 2.62. The van der Waals surface area contributed by atoms with Crippen LogP contribution in [0.5, 0.6) is 0 Å². The Hall–Kier alpha value is -1.32. The topological polar surface area (TPSA) is 18.5 Å². The van der Waals surface area contributed by atoms with Gasteiger partial charge in [0.1, 0.15) is 0 Å². The molecular formula is C21H39N3. The monoisotopic (exact) mass is 333 g/mol. The van der Waals surface area contributed by atoms with Crippen LogP contribution in [-0.2, 0) is 0 Å². The van der Waals surface area contributed by atoms with Gasteiger partial charge in [-0.3, -0.25) is 4.90 Å². The quantitative estimate of drug-likeness (QED) is 0.477. The van der Waals surface area contributed by atoms with E-state index in [1.807, 2.05) is 27.0 Å². The van der Waals surface area contributed by atoms with Crippen molar-refractivity contribution in [3.63, 3.8) is 0 Å². The molecule has 0 saturated carbocycles. The van der Waals surface area contributed by atoms with Crippen LogP contribution in [0.25, 0.3) is 0 Å². The number of unbranched alkanes of at least 4 members (excludes halogenated alkanes) is 1. The van der Waals surface area contributed by atoms with Gasteiger partial charge in [0.2, 0.25) is 0 Å². The lowest BCUT2D eigenvalue weighted by atomic mass is 10.1. The fourth-order valence-corrected chi connectivity index (χ4v) is 2.77. The highest BCUT2D eigenvalue weighted by atomic mass is 15.3. The smallest absolute Gasteiger partial charge is 0.0376 e. The highest BCUT2D eigenvalue weighted by Gasteiger charge is 2.16. The van der Waals surface area contributed by atoms with Gasteiger partial charge in [-0.15, -0.1) is 0 Å². The molecule has 24 heavy (non-hydrogen) atoms. The SMILES string of the molecule is C=C/C=C(\C=C/C)CCCCN1CCN(CC(=C)NC)CC1.CC. The molecular weight excluding hydrogens is 294 g/mol. The van der Waals surface area contributed by atoms with Crippen LogP contribution >= 0.6 is 0 Å². The molecule has 1 aliphatic rings. The van der Waals surface area contributed by atoms with Crippen molar-refractivity contribution in [2.45, 2.75) is 40.0 Å². The number of rotatable bonds is 10. The van der Waals surface area contributed by atoms with Gasteiger partial charge < -0.3 is 10.2 Å². The lowest BCUT2D eigenvalue weighted by molar-refractivity contribution is 0.138. The predicted octanol–water partition coefficient (Wildman–Crippen LogP) is 4.22. The predicted molar refractivity (Wildman–Crippen MR) is 109 cm³/mol. The maximum absolute atomic E-state index is 4.01. The molecule has 0 aromatic heterocycles. The summed E-state index contributed by atoms with van der Waals surface area (Å²) in [6, 6.07) is 0. The van der Waals surface area contributed by atoms with E-state index in [1.54, 1.807) is 0 Å². The summed E-state index contributed by atoms with van der Waals surface area (Å²) in [7, 11) is 1.95. The zero-order valence-electron chi connectivity index (χ0n) is 16.5. The van der Waals surface area contributed by atoms with E-state index in [2.05, 4.69) is 53.4 Å². The first-order valence-corrected chi connectivity index (χ1v) is 9.44. The molecule has 1 rings (SSSR count). The lowest BCUT2D eigenvalue weighted by Gasteiger charge is -2.35. The van der Waals surface area contributed by atoms with Crippen molar-refractivity contribution in [3.8, 4) is 0 Å². The molecule has 0 atom stereocenters. The Morgan fingerprint density at radius 3 is 2.25 bits per heavy atom. The molecule has 3 nitrogen and oxygen atoms in total. The van der Waals surface area contributed by atoms with E-state index >= 15 is 0 Å². The number of nitrogens with zero attached hydrogens (tertiary/aromatic N) is 2. The second-order valence-electron chi connectivity index (χ2n) is 5.91. The summed E-state index contributed by atoms with van der Waals surface area (Å²) in [6.07, 6.45) is 12.0. The fraction of sp³-hybridized carbons (Fsp3) is 0.619. The molecule has 3 heteroatoms. The van der Waals surface area contributed by atoms with Gasteiger partial charge >= 0.3 is 0 Å². The van der Waals surface area contributed by atoms with Crippen molar-refractivity contribution in [2.75, 3.05) is 46.3 Å². The van der Waals surface area contributed by atoms with E-state index in [1.165, 1.54) is 38.0 Å². The van der Waals surface area contributed by atoms with Crippen LogP contribution in [0.3, 0.4) is 0 Å². The minimum absolute atomic E-state index is 0.976. The van der Waals surface area contributed by atoms with Crippen LogP contribution in [0.4, 0.5) is 0 Å². The lowest BCUT2D eigenvalue weighted by Crippen LogP contribution is -2.47. The molecule has 1 aliphatic heterocycles. The molecule has 1 saturated heterocycles. The molecule has 0 spiro atoms. The number of piperazine rings is 1. The van der Waals surface area contributed by atoms with E-state index < -0.39 is 0 Å². The standard InChI is InChI=1S/C19H33N3.C2H6/c1-5-9-19(10-6-2)11-7-8-12-21-13-15-22(16-14-21)17-18(3)20-4;1-2/h5-6,9-10,20H,1,3,7-8,11-17H2,2,4H3;1-2H3/b10-6-,19-9+;. The van der Waals surface area contributed by atoms with E-state index in [9.17, 15) is 0 Å². The molecule has 0 radical (unpaired) electrons. The molecule has 0 aliphatic carbocycles. The molecule has 138 valence electrons. The molecule has 0 aromatic carbocycles. The fourth-order valence-electron chi connectivity index (χ4n) is 2.77. The molecule has 1 heterocycles. The molecule has 0 unspecified atom stereocenters. The van der Waals surface area contributed by atoms with E-state index in [-0.39, 0.29) is 0 Å². The maximum atomic E-state index is 4.01. The number of nitrogens with one attached hydrogen (secondary N) is 1. The zero-order valence-corrected chi connectivity index (χ0v) is 16.5. The van der Waals surface area contributed by atoms with E-state index in [0.29, 0.717) is 0 Å². The first-order chi connectivity index (χ1) is 11.7. The Kier molecular flexibility index (Phi) is 14.4. The van der Waals surface area contributed by atoms with Crippen LogP contribution in [0.2, 0.25) is 0 Å². The van der Waals surface area contributed by atoms with Gasteiger partial charge in [-0.2, -0.15) is 0 Å². The third kappa shape index (κ3) is 10.5. The first-order valence-electron chi connectivity index (χ1n) is 9.44. The molecule has 1 N–H and O–H groups in total.